The van der Waals surface area contributed by atoms with Crippen molar-refractivity contribution in [2.45, 2.75) is 63.7 Å². The summed E-state index contributed by atoms with van der Waals surface area (Å²) in [5.74, 6) is 0.733. The molecule has 2 N–H and O–H groups in total. The Labute approximate surface area is 109 Å². The first-order valence-corrected chi connectivity index (χ1v) is 7.67. The van der Waals surface area contributed by atoms with E-state index in [-0.39, 0.29) is 5.41 Å². The molecule has 1 aliphatic carbocycles. The molecule has 1 aliphatic rings. The number of nitrogens with two attached hydrogens (primary N) is 1. The Hall–Kier alpha value is -0.410. The normalized spacial score (nSPS) is 18.5. The Kier molecular flexibility index (Phi) is 4.21. The molecule has 0 bridgehead atoms. The Morgan fingerprint density at radius 1 is 1.35 bits per heavy atom. The quantitative estimate of drug-likeness (QED) is 0.885. The van der Waals surface area contributed by atoms with Gasteiger partial charge in [-0.2, -0.15) is 0 Å². The number of nitrogens with zero attached hydrogens (tertiary/aromatic N) is 1. The van der Waals surface area contributed by atoms with Crippen molar-refractivity contribution in [2.75, 3.05) is 6.54 Å². The van der Waals surface area contributed by atoms with Crippen LogP contribution in [-0.4, -0.2) is 11.5 Å². The minimum absolute atomic E-state index is 0.137. The molecule has 1 aromatic heterocycles. The second-order valence-electron chi connectivity index (χ2n) is 5.83. The third-order valence-electron chi connectivity index (χ3n) is 3.94. The molecule has 0 radical (unpaired) electrons. The first-order chi connectivity index (χ1) is 8.13. The smallest absolute Gasteiger partial charge is 0.0959 e. The Balaban J connectivity index is 2.09. The standard InChI is InChI=1S/C14H24N2S/c1-14(2,8-9-15)12-10-17-13(16-12)11-6-4-3-5-7-11/h10-11H,3-9,15H2,1-2H3. The zero-order chi connectivity index (χ0) is 12.3. The zero-order valence-electron chi connectivity index (χ0n) is 11.0. The van der Waals surface area contributed by atoms with E-state index >= 15 is 0 Å². The lowest BCUT2D eigenvalue weighted by Crippen LogP contribution is -2.22. The SMILES string of the molecule is CC(C)(CCN)c1csc(C2CCCCC2)n1. The number of rotatable bonds is 4. The van der Waals surface area contributed by atoms with Gasteiger partial charge in [-0.1, -0.05) is 33.1 Å². The summed E-state index contributed by atoms with van der Waals surface area (Å²) >= 11 is 1.86. The number of hydrogen-bond donors (Lipinski definition) is 1. The van der Waals surface area contributed by atoms with Crippen molar-refractivity contribution in [2.24, 2.45) is 5.73 Å². The first-order valence-electron chi connectivity index (χ1n) is 6.79. The zero-order valence-corrected chi connectivity index (χ0v) is 11.9. The predicted octanol–water partition coefficient (Wildman–Crippen LogP) is 3.82. The molecule has 1 heterocycles. The van der Waals surface area contributed by atoms with Gasteiger partial charge < -0.3 is 5.73 Å². The van der Waals surface area contributed by atoms with Gasteiger partial charge >= 0.3 is 0 Å². The molecule has 0 saturated heterocycles. The molecule has 3 heteroatoms. The van der Waals surface area contributed by atoms with Crippen LogP contribution in [0.1, 0.15) is 69.0 Å². The van der Waals surface area contributed by atoms with E-state index in [1.54, 1.807) is 0 Å². The summed E-state index contributed by atoms with van der Waals surface area (Å²) in [5.41, 5.74) is 7.06. The maximum absolute atomic E-state index is 5.68. The van der Waals surface area contributed by atoms with Gasteiger partial charge in [0.2, 0.25) is 0 Å². The van der Waals surface area contributed by atoms with Crippen molar-refractivity contribution in [3.63, 3.8) is 0 Å². The van der Waals surface area contributed by atoms with Crippen LogP contribution in [0.2, 0.25) is 0 Å². The van der Waals surface area contributed by atoms with Crippen molar-refractivity contribution < 1.29 is 0 Å². The van der Waals surface area contributed by atoms with E-state index in [0.717, 1.165) is 18.9 Å². The number of thiazole rings is 1. The summed E-state index contributed by atoms with van der Waals surface area (Å²) in [6.07, 6.45) is 7.86. The highest BCUT2D eigenvalue weighted by Crippen LogP contribution is 2.36. The van der Waals surface area contributed by atoms with E-state index in [0.29, 0.717) is 0 Å². The second-order valence-corrected chi connectivity index (χ2v) is 6.72. The van der Waals surface area contributed by atoms with Gasteiger partial charge in [-0.3, -0.25) is 0 Å². The molecule has 0 atom stereocenters. The van der Waals surface area contributed by atoms with Crippen LogP contribution in [0.25, 0.3) is 0 Å². The van der Waals surface area contributed by atoms with Crippen molar-refractivity contribution >= 4 is 11.3 Å². The third-order valence-corrected chi connectivity index (χ3v) is 4.95. The largest absolute Gasteiger partial charge is 0.330 e. The van der Waals surface area contributed by atoms with Gasteiger partial charge in [-0.25, -0.2) is 4.98 Å². The lowest BCUT2D eigenvalue weighted by Gasteiger charge is -2.22. The third kappa shape index (κ3) is 3.08. The highest BCUT2D eigenvalue weighted by molar-refractivity contribution is 7.09. The molecular weight excluding hydrogens is 228 g/mol. The van der Waals surface area contributed by atoms with E-state index in [9.17, 15) is 0 Å². The molecule has 17 heavy (non-hydrogen) atoms. The van der Waals surface area contributed by atoms with E-state index < -0.39 is 0 Å². The van der Waals surface area contributed by atoms with Crippen LogP contribution in [0, 0.1) is 0 Å². The van der Waals surface area contributed by atoms with E-state index in [4.69, 9.17) is 10.7 Å². The summed E-state index contributed by atoms with van der Waals surface area (Å²) in [6.45, 7) is 5.24. The van der Waals surface area contributed by atoms with E-state index in [1.165, 1.54) is 42.8 Å². The molecule has 0 spiro atoms. The molecule has 1 aromatic rings. The topological polar surface area (TPSA) is 38.9 Å². The number of aromatic nitrogens is 1. The van der Waals surface area contributed by atoms with Crippen LogP contribution in [0.5, 0.6) is 0 Å². The monoisotopic (exact) mass is 252 g/mol. The fraction of sp³-hybridized carbons (Fsp3) is 0.786. The molecule has 0 aliphatic heterocycles. The summed E-state index contributed by atoms with van der Waals surface area (Å²) in [5, 5.41) is 3.62. The maximum atomic E-state index is 5.68. The average Bonchev–Trinajstić information content (AvgIpc) is 2.80. The fourth-order valence-corrected chi connectivity index (χ4v) is 3.81. The molecule has 2 nitrogen and oxygen atoms in total. The van der Waals surface area contributed by atoms with Gasteiger partial charge in [0.1, 0.15) is 0 Å². The molecular formula is C14H24N2S. The number of hydrogen-bond acceptors (Lipinski definition) is 3. The van der Waals surface area contributed by atoms with Gasteiger partial charge in [0.15, 0.2) is 0 Å². The lowest BCUT2D eigenvalue weighted by atomic mass is 9.86. The van der Waals surface area contributed by atoms with Crippen LogP contribution >= 0.6 is 11.3 Å². The van der Waals surface area contributed by atoms with Gasteiger partial charge in [0.25, 0.3) is 0 Å². The van der Waals surface area contributed by atoms with Crippen molar-refractivity contribution in [3.8, 4) is 0 Å². The van der Waals surface area contributed by atoms with Crippen molar-refractivity contribution in [1.29, 1.82) is 0 Å². The van der Waals surface area contributed by atoms with Crippen LogP contribution in [0.3, 0.4) is 0 Å². The van der Waals surface area contributed by atoms with Gasteiger partial charge in [-0.15, -0.1) is 11.3 Å². The van der Waals surface area contributed by atoms with Crippen LogP contribution < -0.4 is 5.73 Å². The fourth-order valence-electron chi connectivity index (χ4n) is 2.62. The summed E-state index contributed by atoms with van der Waals surface area (Å²) < 4.78 is 0. The van der Waals surface area contributed by atoms with Gasteiger partial charge in [0, 0.05) is 16.7 Å². The van der Waals surface area contributed by atoms with Crippen LogP contribution in [0.15, 0.2) is 5.38 Å². The maximum Gasteiger partial charge on any atom is 0.0959 e. The minimum Gasteiger partial charge on any atom is -0.330 e. The Morgan fingerprint density at radius 3 is 2.71 bits per heavy atom. The molecule has 0 amide bonds. The molecule has 0 aromatic carbocycles. The first kappa shape index (κ1) is 13.0. The highest BCUT2D eigenvalue weighted by Gasteiger charge is 2.25. The molecule has 1 saturated carbocycles. The van der Waals surface area contributed by atoms with Gasteiger partial charge in [-0.05, 0) is 25.8 Å². The summed E-state index contributed by atoms with van der Waals surface area (Å²) in [6, 6.07) is 0. The predicted molar refractivity (Wildman–Crippen MR) is 74.6 cm³/mol. The summed E-state index contributed by atoms with van der Waals surface area (Å²) in [4.78, 5) is 4.89. The molecule has 2 rings (SSSR count). The Morgan fingerprint density at radius 2 is 2.06 bits per heavy atom. The molecule has 0 unspecified atom stereocenters. The van der Waals surface area contributed by atoms with Crippen molar-refractivity contribution in [3.05, 3.63) is 16.1 Å². The van der Waals surface area contributed by atoms with E-state index in [1.807, 2.05) is 11.3 Å². The van der Waals surface area contributed by atoms with Gasteiger partial charge in [0.05, 0.1) is 10.7 Å². The average molecular weight is 252 g/mol. The van der Waals surface area contributed by atoms with E-state index in [2.05, 4.69) is 19.2 Å². The second kappa shape index (κ2) is 5.49. The lowest BCUT2D eigenvalue weighted by molar-refractivity contribution is 0.435. The molecule has 1 fully saturated rings. The van der Waals surface area contributed by atoms with Crippen LogP contribution in [-0.2, 0) is 5.41 Å². The minimum atomic E-state index is 0.137. The molecule has 96 valence electrons. The summed E-state index contributed by atoms with van der Waals surface area (Å²) in [7, 11) is 0. The highest BCUT2D eigenvalue weighted by atomic mass is 32.1. The van der Waals surface area contributed by atoms with Crippen molar-refractivity contribution in [1.82, 2.24) is 4.98 Å². The van der Waals surface area contributed by atoms with Crippen LogP contribution in [0.4, 0.5) is 0 Å². The Bertz CT molecular complexity index is 351.